The highest BCUT2D eigenvalue weighted by atomic mass is 79.9. The monoisotopic (exact) mass is 305 g/mol. The summed E-state index contributed by atoms with van der Waals surface area (Å²) in [6, 6.07) is 6.37. The third-order valence-electron chi connectivity index (χ3n) is 1.90. The van der Waals surface area contributed by atoms with Crippen LogP contribution >= 0.6 is 31.9 Å². The molecule has 72 valence electrons. The van der Waals surface area contributed by atoms with E-state index >= 15 is 0 Å². The third kappa shape index (κ3) is 3.79. The first-order valence-electron chi connectivity index (χ1n) is 4.38. The Hall–Kier alpha value is 0.140. The van der Waals surface area contributed by atoms with E-state index in [2.05, 4.69) is 50.1 Å². The summed E-state index contributed by atoms with van der Waals surface area (Å²) < 4.78 is 2.23. The second-order valence-electron chi connectivity index (χ2n) is 2.99. The van der Waals surface area contributed by atoms with Crippen LogP contribution < -0.4 is 5.73 Å². The minimum absolute atomic E-state index is 0.789. The molecule has 1 rings (SSSR count). The van der Waals surface area contributed by atoms with Crippen molar-refractivity contribution < 1.29 is 0 Å². The van der Waals surface area contributed by atoms with Crippen molar-refractivity contribution in [1.82, 2.24) is 0 Å². The first-order chi connectivity index (χ1) is 6.24. The molecule has 1 aromatic carbocycles. The molecule has 0 aliphatic heterocycles. The van der Waals surface area contributed by atoms with E-state index in [4.69, 9.17) is 5.73 Å². The van der Waals surface area contributed by atoms with Gasteiger partial charge in [-0.25, -0.2) is 0 Å². The van der Waals surface area contributed by atoms with Crippen LogP contribution in [-0.4, -0.2) is 6.54 Å². The van der Waals surface area contributed by atoms with Gasteiger partial charge in [0.25, 0.3) is 0 Å². The van der Waals surface area contributed by atoms with E-state index in [9.17, 15) is 0 Å². The van der Waals surface area contributed by atoms with Crippen molar-refractivity contribution in [2.75, 3.05) is 6.54 Å². The molecule has 0 bridgehead atoms. The maximum atomic E-state index is 5.43. The lowest BCUT2D eigenvalue weighted by Crippen LogP contribution is -1.98. The number of rotatable bonds is 4. The number of halogens is 2. The Morgan fingerprint density at radius 1 is 1.08 bits per heavy atom. The van der Waals surface area contributed by atoms with Crippen LogP contribution in [0.2, 0.25) is 0 Å². The molecule has 0 saturated heterocycles. The molecule has 0 spiro atoms. The molecule has 0 aromatic heterocycles. The lowest BCUT2D eigenvalue weighted by Gasteiger charge is -2.02. The minimum atomic E-state index is 0.789. The highest BCUT2D eigenvalue weighted by molar-refractivity contribution is 9.13. The molecule has 3 heteroatoms. The summed E-state index contributed by atoms with van der Waals surface area (Å²) in [6.07, 6.45) is 3.39. The topological polar surface area (TPSA) is 26.0 Å². The van der Waals surface area contributed by atoms with Crippen LogP contribution in [0.1, 0.15) is 18.4 Å². The molecular formula is C10H13Br2N. The van der Waals surface area contributed by atoms with Crippen LogP contribution in [0.25, 0.3) is 0 Å². The maximum absolute atomic E-state index is 5.43. The van der Waals surface area contributed by atoms with E-state index in [0.717, 1.165) is 28.3 Å². The summed E-state index contributed by atoms with van der Waals surface area (Å²) in [4.78, 5) is 0. The van der Waals surface area contributed by atoms with Gasteiger partial charge in [0.15, 0.2) is 0 Å². The van der Waals surface area contributed by atoms with Gasteiger partial charge in [-0.1, -0.05) is 6.07 Å². The fourth-order valence-electron chi connectivity index (χ4n) is 1.17. The number of hydrogen-bond donors (Lipinski definition) is 1. The number of aryl methyl sites for hydroxylation is 1. The van der Waals surface area contributed by atoms with Crippen molar-refractivity contribution in [3.63, 3.8) is 0 Å². The van der Waals surface area contributed by atoms with Crippen molar-refractivity contribution in [1.29, 1.82) is 0 Å². The van der Waals surface area contributed by atoms with Gasteiger partial charge in [-0.15, -0.1) is 0 Å². The van der Waals surface area contributed by atoms with E-state index in [-0.39, 0.29) is 0 Å². The number of nitrogens with two attached hydrogens (primary N) is 1. The Bertz CT molecular complexity index is 274. The Morgan fingerprint density at radius 3 is 2.46 bits per heavy atom. The molecule has 1 nitrogen and oxygen atoms in total. The van der Waals surface area contributed by atoms with Crippen LogP contribution in [0, 0.1) is 0 Å². The van der Waals surface area contributed by atoms with E-state index < -0.39 is 0 Å². The minimum Gasteiger partial charge on any atom is -0.330 e. The second kappa shape index (κ2) is 5.78. The number of unbranched alkanes of at least 4 members (excludes halogenated alkanes) is 1. The van der Waals surface area contributed by atoms with Crippen LogP contribution in [0.15, 0.2) is 27.1 Å². The van der Waals surface area contributed by atoms with Crippen molar-refractivity contribution in [3.8, 4) is 0 Å². The molecule has 0 aliphatic carbocycles. The molecule has 0 amide bonds. The molecule has 0 saturated carbocycles. The molecule has 13 heavy (non-hydrogen) atoms. The molecule has 0 aliphatic rings. The maximum Gasteiger partial charge on any atom is 0.0320 e. The number of hydrogen-bond acceptors (Lipinski definition) is 1. The van der Waals surface area contributed by atoms with Crippen LogP contribution in [0.3, 0.4) is 0 Å². The van der Waals surface area contributed by atoms with Crippen molar-refractivity contribution >= 4 is 31.9 Å². The summed E-state index contributed by atoms with van der Waals surface area (Å²) in [6.45, 7) is 0.789. The summed E-state index contributed by atoms with van der Waals surface area (Å²) in [5.41, 5.74) is 6.79. The fraction of sp³-hybridized carbons (Fsp3) is 0.400. The predicted octanol–water partition coefficient (Wildman–Crippen LogP) is 3.49. The van der Waals surface area contributed by atoms with E-state index in [1.165, 1.54) is 12.0 Å². The lowest BCUT2D eigenvalue weighted by atomic mass is 10.1. The van der Waals surface area contributed by atoms with Crippen LogP contribution in [-0.2, 0) is 6.42 Å². The van der Waals surface area contributed by atoms with Gasteiger partial charge in [0.2, 0.25) is 0 Å². The summed E-state index contributed by atoms with van der Waals surface area (Å²) in [7, 11) is 0. The van der Waals surface area contributed by atoms with Gasteiger partial charge in [-0.3, -0.25) is 0 Å². The summed E-state index contributed by atoms with van der Waals surface area (Å²) in [5.74, 6) is 0. The van der Waals surface area contributed by atoms with Gasteiger partial charge in [0.05, 0.1) is 0 Å². The van der Waals surface area contributed by atoms with Crippen molar-refractivity contribution in [3.05, 3.63) is 32.7 Å². The zero-order valence-corrected chi connectivity index (χ0v) is 10.6. The Morgan fingerprint density at radius 2 is 1.85 bits per heavy atom. The summed E-state index contributed by atoms with van der Waals surface area (Å²) in [5, 5.41) is 0. The standard InChI is InChI=1S/C10H13Br2N/c11-9-5-4-8(7-10(9)12)3-1-2-6-13/h4-5,7H,1-3,6,13H2. The lowest BCUT2D eigenvalue weighted by molar-refractivity contribution is 0.744. The highest BCUT2D eigenvalue weighted by Crippen LogP contribution is 2.24. The zero-order valence-electron chi connectivity index (χ0n) is 7.39. The predicted molar refractivity (Wildman–Crippen MR) is 63.8 cm³/mol. The van der Waals surface area contributed by atoms with Gasteiger partial charge < -0.3 is 5.73 Å². The smallest absolute Gasteiger partial charge is 0.0320 e. The highest BCUT2D eigenvalue weighted by Gasteiger charge is 1.98. The first-order valence-corrected chi connectivity index (χ1v) is 5.96. The van der Waals surface area contributed by atoms with Gasteiger partial charge in [-0.05, 0) is 75.4 Å². The van der Waals surface area contributed by atoms with Gasteiger partial charge >= 0.3 is 0 Å². The second-order valence-corrected chi connectivity index (χ2v) is 4.70. The first kappa shape index (κ1) is 11.2. The van der Waals surface area contributed by atoms with Crippen molar-refractivity contribution in [2.45, 2.75) is 19.3 Å². The number of benzene rings is 1. The average molecular weight is 307 g/mol. The molecule has 0 unspecified atom stereocenters. The largest absolute Gasteiger partial charge is 0.330 e. The van der Waals surface area contributed by atoms with Crippen molar-refractivity contribution in [2.24, 2.45) is 5.73 Å². The van der Waals surface area contributed by atoms with Gasteiger partial charge in [0.1, 0.15) is 0 Å². The zero-order chi connectivity index (χ0) is 9.68. The van der Waals surface area contributed by atoms with E-state index in [0.29, 0.717) is 0 Å². The summed E-state index contributed by atoms with van der Waals surface area (Å²) >= 11 is 6.93. The molecule has 1 aromatic rings. The van der Waals surface area contributed by atoms with E-state index in [1.807, 2.05) is 0 Å². The molecule has 0 heterocycles. The molecule has 0 fully saturated rings. The van der Waals surface area contributed by atoms with Gasteiger partial charge in [-0.2, -0.15) is 0 Å². The van der Waals surface area contributed by atoms with E-state index in [1.54, 1.807) is 0 Å². The normalized spacial score (nSPS) is 10.4. The van der Waals surface area contributed by atoms with Crippen LogP contribution in [0.5, 0.6) is 0 Å². The Labute approximate surface area is 96.0 Å². The quantitative estimate of drug-likeness (QED) is 0.847. The molecule has 0 radical (unpaired) electrons. The fourth-order valence-corrected chi connectivity index (χ4v) is 1.84. The molecule has 2 N–H and O–H groups in total. The van der Waals surface area contributed by atoms with Gasteiger partial charge in [0, 0.05) is 8.95 Å². The molecular weight excluding hydrogens is 294 g/mol. The SMILES string of the molecule is NCCCCc1ccc(Br)c(Br)c1. The Balaban J connectivity index is 2.53. The Kier molecular flexibility index (Phi) is 4.99. The average Bonchev–Trinajstić information content (AvgIpc) is 2.12. The van der Waals surface area contributed by atoms with Crippen LogP contribution in [0.4, 0.5) is 0 Å². The third-order valence-corrected chi connectivity index (χ3v) is 3.78. The molecule has 0 atom stereocenters.